The number of sulfonamides is 1. The average Bonchev–Trinajstić information content (AvgIpc) is 2.66. The van der Waals surface area contributed by atoms with Gasteiger partial charge >= 0.3 is 5.97 Å². The molecule has 20 heavy (non-hydrogen) atoms. The maximum atomic E-state index is 12.2. The van der Waals surface area contributed by atoms with E-state index in [9.17, 15) is 13.2 Å². The topological polar surface area (TPSA) is 97.5 Å². The molecular weight excluding hydrogens is 284 g/mol. The predicted molar refractivity (Wildman–Crippen MR) is 73.3 cm³/mol. The van der Waals surface area contributed by atoms with Gasteiger partial charge in [0.05, 0.1) is 13.2 Å². The normalized spacial score (nSPS) is 11.6. The van der Waals surface area contributed by atoms with E-state index in [0.717, 1.165) is 0 Å². The van der Waals surface area contributed by atoms with E-state index in [1.54, 1.807) is 20.8 Å². The zero-order valence-corrected chi connectivity index (χ0v) is 12.9. The average molecular weight is 304 g/mol. The van der Waals surface area contributed by atoms with E-state index in [1.165, 1.54) is 7.11 Å². The SMILES string of the molecule is CCOC(=O)c1[nH]c(C)c(S(=O)(=O)NCCOC)c1C. The second kappa shape index (κ2) is 6.87. The fourth-order valence-corrected chi connectivity index (χ4v) is 3.35. The van der Waals surface area contributed by atoms with Crippen LogP contribution in [0.25, 0.3) is 0 Å². The van der Waals surface area contributed by atoms with Crippen LogP contribution in [0, 0.1) is 13.8 Å². The summed E-state index contributed by atoms with van der Waals surface area (Å²) in [6.07, 6.45) is 0. The first-order valence-corrected chi connectivity index (χ1v) is 7.68. The molecule has 2 N–H and O–H groups in total. The Kier molecular flexibility index (Phi) is 5.73. The van der Waals surface area contributed by atoms with E-state index in [4.69, 9.17) is 9.47 Å². The van der Waals surface area contributed by atoms with Crippen molar-refractivity contribution < 1.29 is 22.7 Å². The van der Waals surface area contributed by atoms with Crippen molar-refractivity contribution in [1.29, 1.82) is 0 Å². The number of carbonyl (C=O) groups is 1. The van der Waals surface area contributed by atoms with Gasteiger partial charge in [-0.15, -0.1) is 0 Å². The number of aryl methyl sites for hydroxylation is 1. The molecule has 0 saturated carbocycles. The van der Waals surface area contributed by atoms with Crippen molar-refractivity contribution in [3.05, 3.63) is 17.0 Å². The fourth-order valence-electron chi connectivity index (χ4n) is 1.89. The lowest BCUT2D eigenvalue weighted by Gasteiger charge is -2.07. The Morgan fingerprint density at radius 2 is 2.00 bits per heavy atom. The van der Waals surface area contributed by atoms with Gasteiger partial charge in [-0.2, -0.15) is 0 Å². The van der Waals surface area contributed by atoms with Crippen molar-refractivity contribution in [2.45, 2.75) is 25.7 Å². The molecule has 1 aromatic rings. The van der Waals surface area contributed by atoms with E-state index in [0.29, 0.717) is 11.3 Å². The van der Waals surface area contributed by atoms with Gasteiger partial charge in [-0.3, -0.25) is 0 Å². The van der Waals surface area contributed by atoms with Crippen molar-refractivity contribution in [3.8, 4) is 0 Å². The van der Waals surface area contributed by atoms with Crippen LogP contribution in [0.5, 0.6) is 0 Å². The molecule has 0 saturated heterocycles. The minimum atomic E-state index is -3.69. The number of ether oxygens (including phenoxy) is 2. The lowest BCUT2D eigenvalue weighted by molar-refractivity contribution is 0.0519. The number of hydrogen-bond donors (Lipinski definition) is 2. The zero-order valence-electron chi connectivity index (χ0n) is 12.1. The molecule has 1 heterocycles. The molecule has 0 aliphatic heterocycles. The van der Waals surface area contributed by atoms with Crippen molar-refractivity contribution in [2.24, 2.45) is 0 Å². The van der Waals surface area contributed by atoms with E-state index in [2.05, 4.69) is 9.71 Å². The van der Waals surface area contributed by atoms with Crippen molar-refractivity contribution in [1.82, 2.24) is 9.71 Å². The quantitative estimate of drug-likeness (QED) is 0.572. The predicted octanol–water partition coefficient (Wildman–Crippen LogP) is 0.733. The molecule has 1 rings (SSSR count). The maximum absolute atomic E-state index is 12.2. The molecule has 0 bridgehead atoms. The molecule has 0 aliphatic rings. The van der Waals surface area contributed by atoms with Crippen molar-refractivity contribution >= 4 is 16.0 Å². The fraction of sp³-hybridized carbons (Fsp3) is 0.583. The second-order valence-corrected chi connectivity index (χ2v) is 5.89. The summed E-state index contributed by atoms with van der Waals surface area (Å²) in [5.74, 6) is -0.563. The summed E-state index contributed by atoms with van der Waals surface area (Å²) in [4.78, 5) is 14.6. The minimum Gasteiger partial charge on any atom is -0.461 e. The monoisotopic (exact) mass is 304 g/mol. The van der Waals surface area contributed by atoms with Crippen LogP contribution in [-0.2, 0) is 19.5 Å². The highest BCUT2D eigenvalue weighted by Crippen LogP contribution is 2.23. The first-order valence-electron chi connectivity index (χ1n) is 6.20. The first kappa shape index (κ1) is 16.7. The van der Waals surface area contributed by atoms with Crippen LogP contribution in [0.3, 0.4) is 0 Å². The minimum absolute atomic E-state index is 0.0802. The van der Waals surface area contributed by atoms with Gasteiger partial charge < -0.3 is 14.5 Å². The third-order valence-corrected chi connectivity index (χ3v) is 4.45. The maximum Gasteiger partial charge on any atom is 0.355 e. The second-order valence-electron chi connectivity index (χ2n) is 4.19. The van der Waals surface area contributed by atoms with Gasteiger partial charge in [0, 0.05) is 24.9 Å². The molecule has 7 nitrogen and oxygen atoms in total. The van der Waals surface area contributed by atoms with Crippen LogP contribution >= 0.6 is 0 Å². The van der Waals surface area contributed by atoms with Crippen LogP contribution in [0.4, 0.5) is 0 Å². The third-order valence-electron chi connectivity index (χ3n) is 2.72. The number of hydrogen-bond acceptors (Lipinski definition) is 5. The van der Waals surface area contributed by atoms with Gasteiger partial charge in [-0.05, 0) is 20.8 Å². The molecule has 0 amide bonds. The number of H-pyrrole nitrogens is 1. The van der Waals surface area contributed by atoms with Crippen LogP contribution in [0.15, 0.2) is 4.90 Å². The highest BCUT2D eigenvalue weighted by molar-refractivity contribution is 7.89. The van der Waals surface area contributed by atoms with Gasteiger partial charge in [0.25, 0.3) is 0 Å². The third kappa shape index (κ3) is 3.59. The zero-order chi connectivity index (χ0) is 15.3. The van der Waals surface area contributed by atoms with Crippen LogP contribution in [0.1, 0.15) is 28.7 Å². The summed E-state index contributed by atoms with van der Waals surface area (Å²) < 4.78 is 36.5. The summed E-state index contributed by atoms with van der Waals surface area (Å²) >= 11 is 0. The Morgan fingerprint density at radius 3 is 2.55 bits per heavy atom. The first-order chi connectivity index (χ1) is 9.35. The molecule has 0 fully saturated rings. The standard InChI is InChI=1S/C12H20N2O5S/c1-5-19-12(15)10-8(2)11(9(3)14-10)20(16,17)13-6-7-18-4/h13-14H,5-7H2,1-4H3. The smallest absolute Gasteiger partial charge is 0.355 e. The molecular formula is C12H20N2O5S. The van der Waals surface area contributed by atoms with E-state index in [-0.39, 0.29) is 30.3 Å². The number of carbonyl (C=O) groups excluding carboxylic acids is 1. The summed E-state index contributed by atoms with van der Waals surface area (Å²) in [7, 11) is -2.20. The highest BCUT2D eigenvalue weighted by atomic mass is 32.2. The lowest BCUT2D eigenvalue weighted by atomic mass is 10.2. The van der Waals surface area contributed by atoms with Crippen molar-refractivity contribution in [2.75, 3.05) is 26.9 Å². The molecule has 114 valence electrons. The summed E-state index contributed by atoms with van der Waals surface area (Å²) in [5, 5.41) is 0. The number of esters is 1. The molecule has 0 atom stereocenters. The van der Waals surface area contributed by atoms with E-state index in [1.807, 2.05) is 0 Å². The Balaban J connectivity index is 3.10. The van der Waals surface area contributed by atoms with Gasteiger partial charge in [0.15, 0.2) is 0 Å². The number of aromatic nitrogens is 1. The van der Waals surface area contributed by atoms with Gasteiger partial charge in [-0.1, -0.05) is 0 Å². The summed E-state index contributed by atoms with van der Waals surface area (Å²) in [6, 6.07) is 0. The molecule has 0 aliphatic carbocycles. The summed E-state index contributed by atoms with van der Waals surface area (Å²) in [5.41, 5.74) is 0.915. The Hall–Kier alpha value is -1.38. The number of aromatic amines is 1. The van der Waals surface area contributed by atoms with Crippen molar-refractivity contribution in [3.63, 3.8) is 0 Å². The van der Waals surface area contributed by atoms with Gasteiger partial charge in [0.1, 0.15) is 10.6 Å². The Labute approximate surface area is 118 Å². The number of methoxy groups -OCH3 is 1. The number of nitrogens with one attached hydrogen (secondary N) is 2. The molecule has 1 aromatic heterocycles. The molecule has 8 heteroatoms. The Bertz CT molecular complexity index is 577. The number of rotatable bonds is 7. The van der Waals surface area contributed by atoms with E-state index < -0.39 is 16.0 Å². The van der Waals surface area contributed by atoms with Gasteiger partial charge in [0.2, 0.25) is 10.0 Å². The largest absolute Gasteiger partial charge is 0.461 e. The van der Waals surface area contributed by atoms with Crippen LogP contribution in [0.2, 0.25) is 0 Å². The van der Waals surface area contributed by atoms with Gasteiger partial charge in [-0.25, -0.2) is 17.9 Å². The molecule has 0 spiro atoms. The molecule has 0 radical (unpaired) electrons. The Morgan fingerprint density at radius 1 is 1.35 bits per heavy atom. The van der Waals surface area contributed by atoms with E-state index >= 15 is 0 Å². The lowest BCUT2D eigenvalue weighted by Crippen LogP contribution is -2.28. The highest BCUT2D eigenvalue weighted by Gasteiger charge is 2.26. The molecule has 0 aromatic carbocycles. The molecule has 0 unspecified atom stereocenters. The summed E-state index contributed by atoms with van der Waals surface area (Å²) in [6.45, 7) is 5.52. The van der Waals surface area contributed by atoms with Crippen LogP contribution in [-0.4, -0.2) is 46.2 Å². The van der Waals surface area contributed by atoms with Crippen LogP contribution < -0.4 is 4.72 Å².